The summed E-state index contributed by atoms with van der Waals surface area (Å²) in [6.45, 7) is 6.70. The summed E-state index contributed by atoms with van der Waals surface area (Å²) in [6.07, 6.45) is 82.8. The van der Waals surface area contributed by atoms with Gasteiger partial charge in [-0.3, -0.25) is 14.4 Å². The zero-order valence-corrected chi connectivity index (χ0v) is 53.9. The number of hydrogen-bond acceptors (Lipinski definition) is 6. The maximum atomic E-state index is 12.9. The number of hydrogen-bond donors (Lipinski definition) is 0. The summed E-state index contributed by atoms with van der Waals surface area (Å²) in [7, 11) is 0. The van der Waals surface area contributed by atoms with E-state index >= 15 is 0 Å². The number of unbranched alkanes of at least 4 members (excludes halogenated alkanes) is 55. The third kappa shape index (κ3) is 66.8. The first-order chi connectivity index (χ1) is 39.0. The molecule has 0 aliphatic rings. The van der Waals surface area contributed by atoms with Crippen molar-refractivity contribution < 1.29 is 28.6 Å². The topological polar surface area (TPSA) is 78.9 Å². The monoisotopic (exact) mass is 1110 g/mol. The molecule has 0 saturated heterocycles. The molecule has 79 heavy (non-hydrogen) atoms. The Kier molecular flexibility index (Phi) is 67.0. The molecule has 0 aromatic carbocycles. The van der Waals surface area contributed by atoms with Crippen LogP contribution in [0.2, 0.25) is 0 Å². The lowest BCUT2D eigenvalue weighted by atomic mass is 10.0. The van der Waals surface area contributed by atoms with E-state index in [1.807, 2.05) is 0 Å². The molecule has 6 nitrogen and oxygen atoms in total. The van der Waals surface area contributed by atoms with Gasteiger partial charge in [0.05, 0.1) is 0 Å². The first kappa shape index (κ1) is 77.2. The first-order valence-electron chi connectivity index (χ1n) is 36.2. The minimum Gasteiger partial charge on any atom is -0.462 e. The van der Waals surface area contributed by atoms with E-state index in [1.54, 1.807) is 0 Å². The lowest BCUT2D eigenvalue weighted by Crippen LogP contribution is -2.30. The molecule has 1 atom stereocenters. The van der Waals surface area contributed by atoms with Gasteiger partial charge in [-0.25, -0.2) is 0 Å². The van der Waals surface area contributed by atoms with Crippen molar-refractivity contribution in [2.75, 3.05) is 13.2 Å². The molecule has 0 radical (unpaired) electrons. The second kappa shape index (κ2) is 68.6. The second-order valence-corrected chi connectivity index (χ2v) is 24.9. The summed E-state index contributed by atoms with van der Waals surface area (Å²) >= 11 is 0. The fourth-order valence-corrected chi connectivity index (χ4v) is 11.3. The van der Waals surface area contributed by atoms with Crippen LogP contribution in [0.4, 0.5) is 0 Å². The molecule has 0 rings (SSSR count). The number of carbonyl (C=O) groups is 3. The van der Waals surface area contributed by atoms with Crippen LogP contribution in [0.1, 0.15) is 419 Å². The van der Waals surface area contributed by atoms with Gasteiger partial charge in [0.2, 0.25) is 0 Å². The number of esters is 3. The Labute approximate surface area is 494 Å². The Morgan fingerprint density at radius 2 is 0.418 bits per heavy atom. The largest absolute Gasteiger partial charge is 0.462 e. The zero-order chi connectivity index (χ0) is 57.1. The third-order valence-corrected chi connectivity index (χ3v) is 16.8. The minimum absolute atomic E-state index is 0.0670. The van der Waals surface area contributed by atoms with E-state index in [-0.39, 0.29) is 31.1 Å². The van der Waals surface area contributed by atoms with Gasteiger partial charge in [-0.2, -0.15) is 0 Å². The summed E-state index contributed by atoms with van der Waals surface area (Å²) < 4.78 is 16.9. The zero-order valence-electron chi connectivity index (χ0n) is 53.9. The summed E-state index contributed by atoms with van der Waals surface area (Å²) in [5.74, 6) is -0.846. The lowest BCUT2D eigenvalue weighted by molar-refractivity contribution is -0.167. The van der Waals surface area contributed by atoms with Crippen molar-refractivity contribution >= 4 is 17.9 Å². The van der Waals surface area contributed by atoms with E-state index < -0.39 is 6.10 Å². The van der Waals surface area contributed by atoms with Crippen LogP contribution in [0, 0.1) is 0 Å². The molecule has 1 unspecified atom stereocenters. The van der Waals surface area contributed by atoms with E-state index in [2.05, 4.69) is 32.9 Å². The van der Waals surface area contributed by atoms with Crippen molar-refractivity contribution in [1.29, 1.82) is 0 Å². The van der Waals surface area contributed by atoms with Crippen molar-refractivity contribution in [1.82, 2.24) is 0 Å². The normalized spacial score (nSPS) is 12.0. The van der Waals surface area contributed by atoms with E-state index in [9.17, 15) is 14.4 Å². The highest BCUT2D eigenvalue weighted by Crippen LogP contribution is 2.19. The van der Waals surface area contributed by atoms with Crippen LogP contribution in [-0.4, -0.2) is 37.2 Å². The second-order valence-electron chi connectivity index (χ2n) is 24.9. The number of carbonyl (C=O) groups excluding carboxylic acids is 3. The van der Waals surface area contributed by atoms with Crippen LogP contribution < -0.4 is 0 Å². The summed E-state index contributed by atoms with van der Waals surface area (Å²) in [6, 6.07) is 0. The number of rotatable bonds is 68. The van der Waals surface area contributed by atoms with Crippen LogP contribution in [0.25, 0.3) is 0 Å². The third-order valence-electron chi connectivity index (χ3n) is 16.8. The van der Waals surface area contributed by atoms with E-state index in [4.69, 9.17) is 14.2 Å². The molecule has 0 aromatic heterocycles. The number of allylic oxidation sites excluding steroid dienone is 2. The van der Waals surface area contributed by atoms with Crippen LogP contribution in [0.3, 0.4) is 0 Å². The molecule has 468 valence electrons. The van der Waals surface area contributed by atoms with Crippen molar-refractivity contribution in [2.24, 2.45) is 0 Å². The van der Waals surface area contributed by atoms with Crippen LogP contribution in [-0.2, 0) is 28.6 Å². The minimum atomic E-state index is -0.770. The highest BCUT2D eigenvalue weighted by Gasteiger charge is 2.19. The van der Waals surface area contributed by atoms with Gasteiger partial charge >= 0.3 is 17.9 Å². The van der Waals surface area contributed by atoms with Crippen molar-refractivity contribution in [2.45, 2.75) is 425 Å². The molecule has 0 amide bonds. The first-order valence-corrected chi connectivity index (χ1v) is 36.2. The maximum absolute atomic E-state index is 12.9. The highest BCUT2D eigenvalue weighted by molar-refractivity contribution is 5.71. The van der Waals surface area contributed by atoms with Gasteiger partial charge in [-0.05, 0) is 44.9 Å². The summed E-state index contributed by atoms with van der Waals surface area (Å²) in [5.41, 5.74) is 0. The van der Waals surface area contributed by atoms with Gasteiger partial charge < -0.3 is 14.2 Å². The fraction of sp³-hybridized carbons (Fsp3) is 0.932. The molecule has 0 aliphatic carbocycles. The van der Waals surface area contributed by atoms with Crippen molar-refractivity contribution in [3.63, 3.8) is 0 Å². The molecule has 0 bridgehead atoms. The standard InChI is InChI=1S/C73H140O6/c1-4-7-10-13-16-19-22-24-26-28-29-30-31-32-33-34-35-36-37-38-39-40-41-42-43-44-45-47-48-51-54-57-60-63-66-72(75)78-69-70(68-77-71(74)65-62-59-56-53-50-21-18-15-12-9-6-3)79-73(76)67-64-61-58-55-52-49-46-27-25-23-20-17-14-11-8-5-2/h27,46,70H,4-26,28-45,47-69H2,1-3H3/b46-27-. The Morgan fingerprint density at radius 1 is 0.241 bits per heavy atom. The van der Waals surface area contributed by atoms with Gasteiger partial charge in [0.1, 0.15) is 13.2 Å². The molecule has 0 aromatic rings. The molecule has 0 spiro atoms. The molecular formula is C73H140O6. The van der Waals surface area contributed by atoms with Gasteiger partial charge in [0.15, 0.2) is 6.10 Å². The Hall–Kier alpha value is -1.85. The van der Waals surface area contributed by atoms with Crippen molar-refractivity contribution in [3.8, 4) is 0 Å². The molecule has 0 aliphatic heterocycles. The summed E-state index contributed by atoms with van der Waals surface area (Å²) in [4.78, 5) is 38.3. The predicted octanol–water partition coefficient (Wildman–Crippen LogP) is 24.8. The van der Waals surface area contributed by atoms with E-state index in [0.717, 1.165) is 64.2 Å². The molecule has 0 N–H and O–H groups in total. The Bertz CT molecular complexity index is 1230. The SMILES string of the molecule is CCCCCCCCC/C=C\CCCCCCCC(=O)OC(COC(=O)CCCCCCCCCCCCC)COC(=O)CCCCCCCCCCCCCCCCCCCCCCCCCCCCCCCCCCCC. The Balaban J connectivity index is 4.01. The molecule has 0 fully saturated rings. The Morgan fingerprint density at radius 3 is 0.633 bits per heavy atom. The maximum Gasteiger partial charge on any atom is 0.306 e. The van der Waals surface area contributed by atoms with Gasteiger partial charge in [-0.15, -0.1) is 0 Å². The molecular weight excluding hydrogens is 973 g/mol. The molecule has 0 saturated carbocycles. The molecule has 6 heteroatoms. The predicted molar refractivity (Wildman–Crippen MR) is 344 cm³/mol. The average molecular weight is 1110 g/mol. The van der Waals surface area contributed by atoms with Gasteiger partial charge in [0, 0.05) is 19.3 Å². The van der Waals surface area contributed by atoms with Gasteiger partial charge in [-0.1, -0.05) is 367 Å². The van der Waals surface area contributed by atoms with Crippen LogP contribution >= 0.6 is 0 Å². The fourth-order valence-electron chi connectivity index (χ4n) is 11.3. The van der Waals surface area contributed by atoms with Crippen LogP contribution in [0.15, 0.2) is 12.2 Å². The highest BCUT2D eigenvalue weighted by atomic mass is 16.6. The average Bonchev–Trinajstić information content (AvgIpc) is 3.45. The van der Waals surface area contributed by atoms with E-state index in [1.165, 1.54) is 315 Å². The quantitative estimate of drug-likeness (QED) is 0.0261. The van der Waals surface area contributed by atoms with Gasteiger partial charge in [0.25, 0.3) is 0 Å². The number of ether oxygens (including phenoxy) is 3. The lowest BCUT2D eigenvalue weighted by Gasteiger charge is -2.18. The smallest absolute Gasteiger partial charge is 0.306 e. The van der Waals surface area contributed by atoms with Crippen molar-refractivity contribution in [3.05, 3.63) is 12.2 Å². The van der Waals surface area contributed by atoms with E-state index in [0.29, 0.717) is 19.3 Å². The molecule has 0 heterocycles. The van der Waals surface area contributed by atoms with Crippen LogP contribution in [0.5, 0.6) is 0 Å². The summed E-state index contributed by atoms with van der Waals surface area (Å²) in [5, 5.41) is 0.